The highest BCUT2D eigenvalue weighted by Crippen LogP contribution is 2.36. The number of rotatable bonds is 2. The molecule has 1 aromatic rings. The van der Waals surface area contributed by atoms with Crippen molar-refractivity contribution in [3.05, 3.63) is 35.9 Å². The van der Waals surface area contributed by atoms with Crippen molar-refractivity contribution in [2.45, 2.75) is 44.2 Å². The molecule has 0 amide bonds. The minimum absolute atomic E-state index is 0.373. The van der Waals surface area contributed by atoms with Gasteiger partial charge in [-0.3, -0.25) is 4.99 Å². The standard InChI is InChI=1S/C15H20N2S/c1-3-7-13(8-4-1)11-16-14-17-15(12-18-14)9-5-2-6-10-15/h1,3-4,7-8H,2,5-6,9-12H2,(H,16,17). The second-order valence-corrected chi connectivity index (χ2v) is 6.33. The summed E-state index contributed by atoms with van der Waals surface area (Å²) in [7, 11) is 0. The quantitative estimate of drug-likeness (QED) is 0.879. The normalized spacial score (nSPS) is 24.3. The molecular weight excluding hydrogens is 240 g/mol. The highest BCUT2D eigenvalue weighted by molar-refractivity contribution is 8.14. The van der Waals surface area contributed by atoms with Gasteiger partial charge in [0.1, 0.15) is 0 Å². The Bertz CT molecular complexity index is 421. The van der Waals surface area contributed by atoms with Crippen molar-refractivity contribution in [3.8, 4) is 0 Å². The molecule has 1 saturated heterocycles. The highest BCUT2D eigenvalue weighted by atomic mass is 32.2. The molecule has 2 aliphatic rings. The molecule has 96 valence electrons. The summed E-state index contributed by atoms with van der Waals surface area (Å²) in [4.78, 5) is 4.71. The summed E-state index contributed by atoms with van der Waals surface area (Å²) in [5.41, 5.74) is 1.66. The zero-order valence-electron chi connectivity index (χ0n) is 10.7. The second-order valence-electron chi connectivity index (χ2n) is 5.36. The molecule has 3 heteroatoms. The zero-order valence-corrected chi connectivity index (χ0v) is 11.5. The fourth-order valence-corrected chi connectivity index (χ4v) is 4.05. The van der Waals surface area contributed by atoms with Gasteiger partial charge in [-0.15, -0.1) is 0 Å². The van der Waals surface area contributed by atoms with Crippen molar-refractivity contribution >= 4 is 16.9 Å². The highest BCUT2D eigenvalue weighted by Gasteiger charge is 2.37. The third-order valence-corrected chi connectivity index (χ3v) is 5.12. The van der Waals surface area contributed by atoms with Gasteiger partial charge in [0.25, 0.3) is 0 Å². The zero-order chi connectivity index (χ0) is 12.3. The second kappa shape index (κ2) is 5.35. The van der Waals surface area contributed by atoms with Crippen molar-refractivity contribution in [2.24, 2.45) is 4.99 Å². The Hall–Kier alpha value is -0.960. The molecule has 0 aromatic heterocycles. The van der Waals surface area contributed by atoms with Crippen LogP contribution in [0.5, 0.6) is 0 Å². The summed E-state index contributed by atoms with van der Waals surface area (Å²) in [6, 6.07) is 10.5. The molecule has 1 aliphatic carbocycles. The summed E-state index contributed by atoms with van der Waals surface area (Å²) in [5.74, 6) is 1.21. The van der Waals surface area contributed by atoms with Crippen LogP contribution in [0.25, 0.3) is 0 Å². The monoisotopic (exact) mass is 260 g/mol. The predicted molar refractivity (Wildman–Crippen MR) is 79.0 cm³/mol. The van der Waals surface area contributed by atoms with Crippen molar-refractivity contribution in [1.82, 2.24) is 5.32 Å². The average Bonchev–Trinajstić information content (AvgIpc) is 2.82. The number of amidine groups is 1. The summed E-state index contributed by atoms with van der Waals surface area (Å²) in [5, 5.41) is 4.84. The van der Waals surface area contributed by atoms with Gasteiger partial charge in [-0.05, 0) is 18.4 Å². The van der Waals surface area contributed by atoms with Crippen LogP contribution in [0.2, 0.25) is 0 Å². The van der Waals surface area contributed by atoms with E-state index in [1.165, 1.54) is 43.4 Å². The molecule has 18 heavy (non-hydrogen) atoms. The van der Waals surface area contributed by atoms with Crippen LogP contribution in [0.1, 0.15) is 37.7 Å². The molecule has 3 rings (SSSR count). The largest absolute Gasteiger partial charge is 0.359 e. The van der Waals surface area contributed by atoms with E-state index in [9.17, 15) is 0 Å². The molecule has 0 atom stereocenters. The summed E-state index contributed by atoms with van der Waals surface area (Å²) in [6.07, 6.45) is 6.80. The van der Waals surface area contributed by atoms with Gasteiger partial charge in [0.05, 0.1) is 6.54 Å². The fourth-order valence-electron chi connectivity index (χ4n) is 2.84. The Morgan fingerprint density at radius 3 is 2.67 bits per heavy atom. The number of aliphatic imine (C=N–C) groups is 1. The maximum Gasteiger partial charge on any atom is 0.157 e. The minimum atomic E-state index is 0.373. The molecule has 0 radical (unpaired) electrons. The van der Waals surface area contributed by atoms with Gasteiger partial charge in [-0.1, -0.05) is 61.4 Å². The Morgan fingerprint density at radius 2 is 1.89 bits per heavy atom. The van der Waals surface area contributed by atoms with Crippen molar-refractivity contribution in [3.63, 3.8) is 0 Å². The topological polar surface area (TPSA) is 24.4 Å². The van der Waals surface area contributed by atoms with Gasteiger partial charge in [0.15, 0.2) is 5.17 Å². The van der Waals surface area contributed by atoms with E-state index in [-0.39, 0.29) is 0 Å². The van der Waals surface area contributed by atoms with Gasteiger partial charge < -0.3 is 5.32 Å². The summed E-state index contributed by atoms with van der Waals surface area (Å²) in [6.45, 7) is 0.798. The SMILES string of the molecule is c1ccc(CN=C2NC3(CCCCC3)CS2)cc1. The first kappa shape index (κ1) is 12.1. The number of nitrogens with zero attached hydrogens (tertiary/aromatic N) is 1. The first-order valence-corrected chi connectivity index (χ1v) is 7.84. The van der Waals surface area contributed by atoms with Crippen molar-refractivity contribution < 1.29 is 0 Å². The van der Waals surface area contributed by atoms with E-state index in [4.69, 9.17) is 4.99 Å². The average molecular weight is 260 g/mol. The molecule has 1 N–H and O–H groups in total. The smallest absolute Gasteiger partial charge is 0.157 e. The number of thioether (sulfide) groups is 1. The molecule has 1 saturated carbocycles. The van der Waals surface area contributed by atoms with Gasteiger partial charge in [0.2, 0.25) is 0 Å². The first-order chi connectivity index (χ1) is 8.86. The van der Waals surface area contributed by atoms with Gasteiger partial charge in [-0.2, -0.15) is 0 Å². The lowest BCUT2D eigenvalue weighted by Gasteiger charge is -2.32. The van der Waals surface area contributed by atoms with Crippen LogP contribution in [0, 0.1) is 0 Å². The maximum absolute atomic E-state index is 4.71. The molecule has 0 unspecified atom stereocenters. The van der Waals surface area contributed by atoms with Gasteiger partial charge in [0, 0.05) is 11.3 Å². The van der Waals surface area contributed by atoms with Gasteiger partial charge >= 0.3 is 0 Å². The number of nitrogens with one attached hydrogen (secondary N) is 1. The lowest BCUT2D eigenvalue weighted by molar-refractivity contribution is 0.303. The van der Waals surface area contributed by atoms with Crippen molar-refractivity contribution in [2.75, 3.05) is 5.75 Å². The summed E-state index contributed by atoms with van der Waals surface area (Å²) < 4.78 is 0. The molecule has 0 bridgehead atoms. The molecule has 2 fully saturated rings. The van der Waals surface area contributed by atoms with Gasteiger partial charge in [-0.25, -0.2) is 0 Å². The Morgan fingerprint density at radius 1 is 1.11 bits per heavy atom. The lowest BCUT2D eigenvalue weighted by Crippen LogP contribution is -2.45. The first-order valence-electron chi connectivity index (χ1n) is 6.86. The van der Waals surface area contributed by atoms with E-state index in [0.29, 0.717) is 5.54 Å². The van der Waals surface area contributed by atoms with Crippen LogP contribution in [-0.4, -0.2) is 16.5 Å². The number of benzene rings is 1. The molecule has 1 heterocycles. The van der Waals surface area contributed by atoms with E-state index in [1.807, 2.05) is 11.8 Å². The van der Waals surface area contributed by atoms with Crippen LogP contribution in [-0.2, 0) is 6.54 Å². The summed E-state index contributed by atoms with van der Waals surface area (Å²) >= 11 is 1.91. The Labute approximate surface area is 113 Å². The molecule has 1 aromatic carbocycles. The fraction of sp³-hybridized carbons (Fsp3) is 0.533. The van der Waals surface area contributed by atoms with Crippen LogP contribution in [0.3, 0.4) is 0 Å². The van der Waals surface area contributed by atoms with Crippen LogP contribution < -0.4 is 5.32 Å². The third kappa shape index (κ3) is 2.72. The lowest BCUT2D eigenvalue weighted by atomic mass is 9.83. The van der Waals surface area contributed by atoms with Crippen LogP contribution in [0.15, 0.2) is 35.3 Å². The maximum atomic E-state index is 4.71. The predicted octanol–water partition coefficient (Wildman–Crippen LogP) is 3.58. The molecule has 1 aliphatic heterocycles. The number of hydrogen-bond acceptors (Lipinski definition) is 2. The Kier molecular flexibility index (Phi) is 3.59. The van der Waals surface area contributed by atoms with E-state index < -0.39 is 0 Å². The Balaban J connectivity index is 1.61. The molecule has 1 spiro atoms. The van der Waals surface area contributed by atoms with Crippen molar-refractivity contribution in [1.29, 1.82) is 0 Å². The van der Waals surface area contributed by atoms with Crippen LogP contribution >= 0.6 is 11.8 Å². The third-order valence-electron chi connectivity index (χ3n) is 3.92. The molecular formula is C15H20N2S. The van der Waals surface area contributed by atoms with E-state index in [0.717, 1.165) is 11.7 Å². The molecule has 2 nitrogen and oxygen atoms in total. The number of hydrogen-bond donors (Lipinski definition) is 1. The van der Waals surface area contributed by atoms with Crippen LogP contribution in [0.4, 0.5) is 0 Å². The van der Waals surface area contributed by atoms with E-state index in [1.54, 1.807) is 0 Å². The minimum Gasteiger partial charge on any atom is -0.359 e. The van der Waals surface area contributed by atoms with E-state index in [2.05, 4.69) is 35.6 Å². The van der Waals surface area contributed by atoms with E-state index >= 15 is 0 Å².